The van der Waals surface area contributed by atoms with Crippen molar-refractivity contribution in [3.05, 3.63) is 53.9 Å². The first-order valence-corrected chi connectivity index (χ1v) is 7.83. The van der Waals surface area contributed by atoms with E-state index in [1.165, 1.54) is 5.56 Å². The van der Waals surface area contributed by atoms with Crippen LogP contribution in [-0.2, 0) is 6.54 Å². The molecule has 1 fully saturated rings. The standard InChI is InChI=1S/C17H22N4O/c18-16-7-4-9-20(10-8-16)17(22)15-11-19-21(13-15)12-14-5-2-1-3-6-14/h1-3,5-6,11,13,16H,4,7-10,12,18H2/t16-/m1/s1. The third-order valence-corrected chi connectivity index (χ3v) is 4.13. The van der Waals surface area contributed by atoms with E-state index in [2.05, 4.69) is 17.2 Å². The van der Waals surface area contributed by atoms with Gasteiger partial charge in [0.05, 0.1) is 18.3 Å². The molecule has 1 saturated heterocycles. The van der Waals surface area contributed by atoms with Crippen LogP contribution in [0.3, 0.4) is 0 Å². The molecule has 22 heavy (non-hydrogen) atoms. The Kier molecular flexibility index (Phi) is 4.53. The lowest BCUT2D eigenvalue weighted by atomic mass is 10.1. The number of benzene rings is 1. The Balaban J connectivity index is 1.66. The Bertz CT molecular complexity index is 623. The first kappa shape index (κ1) is 14.8. The molecule has 0 bridgehead atoms. The van der Waals surface area contributed by atoms with E-state index in [0.29, 0.717) is 12.1 Å². The van der Waals surface area contributed by atoms with E-state index in [1.54, 1.807) is 6.20 Å². The molecule has 2 heterocycles. The van der Waals surface area contributed by atoms with Gasteiger partial charge in [0.25, 0.3) is 5.91 Å². The van der Waals surface area contributed by atoms with Gasteiger partial charge in [-0.25, -0.2) is 0 Å². The second kappa shape index (κ2) is 6.75. The molecule has 1 aliphatic rings. The SMILES string of the molecule is N[C@@H]1CCCN(C(=O)c2cnn(Cc3ccccc3)c2)CC1. The molecule has 0 spiro atoms. The van der Waals surface area contributed by atoms with Gasteiger partial charge >= 0.3 is 0 Å². The van der Waals surface area contributed by atoms with Crippen molar-refractivity contribution >= 4 is 5.91 Å². The molecule has 5 heteroatoms. The highest BCUT2D eigenvalue weighted by molar-refractivity contribution is 5.93. The maximum Gasteiger partial charge on any atom is 0.257 e. The summed E-state index contributed by atoms with van der Waals surface area (Å²) in [5.41, 5.74) is 7.80. The minimum Gasteiger partial charge on any atom is -0.338 e. The number of aromatic nitrogens is 2. The normalized spacial score (nSPS) is 19.0. The van der Waals surface area contributed by atoms with E-state index in [-0.39, 0.29) is 11.9 Å². The molecule has 2 N–H and O–H groups in total. The number of nitrogens with zero attached hydrogens (tertiary/aromatic N) is 3. The molecule has 0 saturated carbocycles. The van der Waals surface area contributed by atoms with Crippen molar-refractivity contribution in [1.29, 1.82) is 0 Å². The quantitative estimate of drug-likeness (QED) is 0.941. The fraction of sp³-hybridized carbons (Fsp3) is 0.412. The monoisotopic (exact) mass is 298 g/mol. The molecule has 1 amide bonds. The molecule has 5 nitrogen and oxygen atoms in total. The van der Waals surface area contributed by atoms with Crippen LogP contribution < -0.4 is 5.73 Å². The van der Waals surface area contributed by atoms with E-state index < -0.39 is 0 Å². The largest absolute Gasteiger partial charge is 0.338 e. The highest BCUT2D eigenvalue weighted by atomic mass is 16.2. The molecule has 1 atom stereocenters. The fourth-order valence-electron chi connectivity index (χ4n) is 2.84. The Morgan fingerprint density at radius 3 is 2.86 bits per heavy atom. The topological polar surface area (TPSA) is 64.2 Å². The van der Waals surface area contributed by atoms with Crippen molar-refractivity contribution in [2.75, 3.05) is 13.1 Å². The van der Waals surface area contributed by atoms with Gasteiger partial charge in [-0.3, -0.25) is 9.48 Å². The highest BCUT2D eigenvalue weighted by Gasteiger charge is 2.20. The van der Waals surface area contributed by atoms with Crippen LogP contribution in [0.4, 0.5) is 0 Å². The van der Waals surface area contributed by atoms with Crippen molar-refractivity contribution in [3.8, 4) is 0 Å². The Labute approximate surface area is 130 Å². The summed E-state index contributed by atoms with van der Waals surface area (Å²) in [6.07, 6.45) is 6.35. The molecule has 1 aliphatic heterocycles. The van der Waals surface area contributed by atoms with Crippen LogP contribution in [-0.4, -0.2) is 39.7 Å². The third kappa shape index (κ3) is 3.54. The lowest BCUT2D eigenvalue weighted by molar-refractivity contribution is 0.0761. The van der Waals surface area contributed by atoms with Gasteiger partial charge in [0.15, 0.2) is 0 Å². The van der Waals surface area contributed by atoms with Crippen molar-refractivity contribution in [2.24, 2.45) is 5.73 Å². The summed E-state index contributed by atoms with van der Waals surface area (Å²) in [7, 11) is 0. The molecule has 0 aliphatic carbocycles. The van der Waals surface area contributed by atoms with Gasteiger partial charge in [-0.1, -0.05) is 30.3 Å². The number of rotatable bonds is 3. The minimum atomic E-state index is 0.0633. The van der Waals surface area contributed by atoms with E-state index in [4.69, 9.17) is 5.73 Å². The molecule has 0 unspecified atom stereocenters. The summed E-state index contributed by atoms with van der Waals surface area (Å²) in [6.45, 7) is 2.21. The summed E-state index contributed by atoms with van der Waals surface area (Å²) in [6, 6.07) is 10.3. The van der Waals surface area contributed by atoms with E-state index in [9.17, 15) is 4.79 Å². The maximum absolute atomic E-state index is 12.6. The van der Waals surface area contributed by atoms with Crippen molar-refractivity contribution in [2.45, 2.75) is 31.8 Å². The summed E-state index contributed by atoms with van der Waals surface area (Å²) in [5, 5.41) is 4.31. The number of nitrogens with two attached hydrogens (primary N) is 1. The Morgan fingerprint density at radius 1 is 1.23 bits per heavy atom. The molecular formula is C17H22N4O. The molecule has 1 aromatic carbocycles. The smallest absolute Gasteiger partial charge is 0.257 e. The zero-order chi connectivity index (χ0) is 15.4. The van der Waals surface area contributed by atoms with Gasteiger partial charge in [-0.15, -0.1) is 0 Å². The number of likely N-dealkylation sites (tertiary alicyclic amines) is 1. The maximum atomic E-state index is 12.6. The number of carbonyl (C=O) groups excluding carboxylic acids is 1. The third-order valence-electron chi connectivity index (χ3n) is 4.13. The minimum absolute atomic E-state index is 0.0633. The average molecular weight is 298 g/mol. The summed E-state index contributed by atoms with van der Waals surface area (Å²) in [5.74, 6) is 0.0633. The molecule has 3 rings (SSSR count). The summed E-state index contributed by atoms with van der Waals surface area (Å²) < 4.78 is 1.81. The molecule has 2 aromatic rings. The summed E-state index contributed by atoms with van der Waals surface area (Å²) >= 11 is 0. The van der Waals surface area contributed by atoms with Crippen LogP contribution in [0.5, 0.6) is 0 Å². The molecule has 0 radical (unpaired) electrons. The predicted octanol–water partition coefficient (Wildman–Crippen LogP) is 1.88. The first-order valence-electron chi connectivity index (χ1n) is 7.83. The lowest BCUT2D eigenvalue weighted by Gasteiger charge is -2.19. The van der Waals surface area contributed by atoms with E-state index >= 15 is 0 Å². The average Bonchev–Trinajstić information content (AvgIpc) is 2.88. The highest BCUT2D eigenvalue weighted by Crippen LogP contribution is 2.13. The number of hydrogen-bond acceptors (Lipinski definition) is 3. The van der Waals surface area contributed by atoms with Gasteiger partial charge in [0.1, 0.15) is 0 Å². The molecule has 1 aromatic heterocycles. The van der Waals surface area contributed by atoms with Gasteiger partial charge in [0.2, 0.25) is 0 Å². The van der Waals surface area contributed by atoms with Crippen molar-refractivity contribution in [3.63, 3.8) is 0 Å². The van der Waals surface area contributed by atoms with Crippen molar-refractivity contribution < 1.29 is 4.79 Å². The van der Waals surface area contributed by atoms with Gasteiger partial charge in [-0.2, -0.15) is 5.10 Å². The zero-order valence-electron chi connectivity index (χ0n) is 12.7. The van der Waals surface area contributed by atoms with Crippen LogP contribution in [0.25, 0.3) is 0 Å². The Morgan fingerprint density at radius 2 is 2.05 bits per heavy atom. The van der Waals surface area contributed by atoms with Crippen LogP contribution in [0, 0.1) is 0 Å². The van der Waals surface area contributed by atoms with Crippen LogP contribution in [0.2, 0.25) is 0 Å². The second-order valence-corrected chi connectivity index (χ2v) is 5.90. The lowest BCUT2D eigenvalue weighted by Crippen LogP contribution is -2.32. The first-order chi connectivity index (χ1) is 10.7. The van der Waals surface area contributed by atoms with E-state index in [0.717, 1.165) is 32.4 Å². The fourth-order valence-corrected chi connectivity index (χ4v) is 2.84. The number of carbonyl (C=O) groups is 1. The van der Waals surface area contributed by atoms with Gasteiger partial charge in [0, 0.05) is 25.3 Å². The van der Waals surface area contributed by atoms with Gasteiger partial charge < -0.3 is 10.6 Å². The predicted molar refractivity (Wildman–Crippen MR) is 85.5 cm³/mol. The van der Waals surface area contributed by atoms with E-state index in [1.807, 2.05) is 34.0 Å². The zero-order valence-corrected chi connectivity index (χ0v) is 12.7. The molecular weight excluding hydrogens is 276 g/mol. The van der Waals surface area contributed by atoms with Crippen molar-refractivity contribution in [1.82, 2.24) is 14.7 Å². The van der Waals surface area contributed by atoms with Crippen LogP contribution in [0.1, 0.15) is 35.2 Å². The number of amides is 1. The Hall–Kier alpha value is -2.14. The molecule has 116 valence electrons. The number of hydrogen-bond donors (Lipinski definition) is 1. The van der Waals surface area contributed by atoms with Gasteiger partial charge in [-0.05, 0) is 24.8 Å². The summed E-state index contributed by atoms with van der Waals surface area (Å²) in [4.78, 5) is 14.5. The second-order valence-electron chi connectivity index (χ2n) is 5.90. The van der Waals surface area contributed by atoms with Crippen LogP contribution >= 0.6 is 0 Å². The van der Waals surface area contributed by atoms with Crippen LogP contribution in [0.15, 0.2) is 42.7 Å².